The number of hydrogen-bond acceptors (Lipinski definition) is 6. The number of ether oxygens (including phenoxy) is 2. The Labute approximate surface area is 176 Å². The molecule has 0 saturated heterocycles. The predicted molar refractivity (Wildman–Crippen MR) is 114 cm³/mol. The minimum atomic E-state index is -0.188. The van der Waals surface area contributed by atoms with Crippen LogP contribution < -0.4 is 15.2 Å². The van der Waals surface area contributed by atoms with Gasteiger partial charge in [-0.05, 0) is 48.5 Å². The number of halogens is 1. The van der Waals surface area contributed by atoms with Crippen LogP contribution in [0.15, 0.2) is 48.5 Å². The van der Waals surface area contributed by atoms with Crippen molar-refractivity contribution in [2.45, 2.75) is 13.8 Å². The van der Waals surface area contributed by atoms with Crippen molar-refractivity contribution < 1.29 is 14.3 Å². The van der Waals surface area contributed by atoms with Gasteiger partial charge in [-0.25, -0.2) is 9.67 Å². The van der Waals surface area contributed by atoms with Gasteiger partial charge in [0.25, 0.3) is 0 Å². The van der Waals surface area contributed by atoms with Gasteiger partial charge in [-0.3, -0.25) is 4.79 Å². The summed E-state index contributed by atoms with van der Waals surface area (Å²) in [5, 5.41) is 4.47. The molecule has 0 aliphatic carbocycles. The van der Waals surface area contributed by atoms with Crippen molar-refractivity contribution in [2.24, 2.45) is 11.7 Å². The van der Waals surface area contributed by atoms with E-state index < -0.39 is 0 Å². The number of carbonyl (C=O) groups is 1. The fraction of sp³-hybridized carbons (Fsp3) is 0.286. The van der Waals surface area contributed by atoms with E-state index in [2.05, 4.69) is 10.1 Å². The molecule has 0 spiro atoms. The summed E-state index contributed by atoms with van der Waals surface area (Å²) < 4.78 is 12.4. The minimum absolute atomic E-state index is 0. The fourth-order valence-corrected chi connectivity index (χ4v) is 2.64. The number of nitrogens with zero attached hydrogens (tertiary/aromatic N) is 3. The quantitative estimate of drug-likeness (QED) is 0.564. The van der Waals surface area contributed by atoms with Gasteiger partial charge in [0.05, 0.1) is 12.8 Å². The summed E-state index contributed by atoms with van der Waals surface area (Å²) in [7, 11) is 1.61. The average Bonchev–Trinajstić information content (AvgIpc) is 3.17. The Morgan fingerprint density at radius 3 is 2.24 bits per heavy atom. The van der Waals surface area contributed by atoms with Crippen LogP contribution in [0.2, 0.25) is 0 Å². The SMILES string of the molecule is COc1ccc(-n2nc(C(=O)C(C)C)nc2-c2ccc(OCCN)cc2)cc1.Cl. The van der Waals surface area contributed by atoms with Gasteiger partial charge < -0.3 is 15.2 Å². The van der Waals surface area contributed by atoms with Crippen LogP contribution in [-0.2, 0) is 0 Å². The zero-order valence-corrected chi connectivity index (χ0v) is 17.5. The van der Waals surface area contributed by atoms with Crippen molar-refractivity contribution in [3.8, 4) is 28.6 Å². The third-order valence-electron chi connectivity index (χ3n) is 4.17. The summed E-state index contributed by atoms with van der Waals surface area (Å²) in [5.41, 5.74) is 7.08. The van der Waals surface area contributed by atoms with E-state index in [0.29, 0.717) is 19.0 Å². The lowest BCUT2D eigenvalue weighted by Crippen LogP contribution is -2.10. The van der Waals surface area contributed by atoms with Crippen LogP contribution in [0.1, 0.15) is 24.5 Å². The normalized spacial score (nSPS) is 10.5. The molecule has 2 N–H and O–H groups in total. The average molecular weight is 417 g/mol. The lowest BCUT2D eigenvalue weighted by atomic mass is 10.1. The first-order valence-electron chi connectivity index (χ1n) is 9.12. The summed E-state index contributed by atoms with van der Waals surface area (Å²) in [5.74, 6) is 1.96. The highest BCUT2D eigenvalue weighted by atomic mass is 35.5. The Balaban J connectivity index is 0.00000300. The van der Waals surface area contributed by atoms with Crippen LogP contribution in [0.5, 0.6) is 11.5 Å². The van der Waals surface area contributed by atoms with Gasteiger partial charge in [0.15, 0.2) is 5.82 Å². The first-order chi connectivity index (χ1) is 13.5. The monoisotopic (exact) mass is 416 g/mol. The van der Waals surface area contributed by atoms with Crippen LogP contribution in [0.4, 0.5) is 0 Å². The molecule has 0 aliphatic heterocycles. The van der Waals surface area contributed by atoms with Crippen LogP contribution in [-0.4, -0.2) is 40.8 Å². The van der Waals surface area contributed by atoms with Crippen LogP contribution in [0.25, 0.3) is 17.1 Å². The molecular formula is C21H25ClN4O3. The topological polar surface area (TPSA) is 92.3 Å². The molecule has 29 heavy (non-hydrogen) atoms. The molecule has 1 aromatic heterocycles. The summed E-state index contributed by atoms with van der Waals surface area (Å²) >= 11 is 0. The number of ketones is 1. The van der Waals surface area contributed by atoms with Crippen molar-refractivity contribution in [3.05, 3.63) is 54.4 Å². The summed E-state index contributed by atoms with van der Waals surface area (Å²) in [6.45, 7) is 4.57. The lowest BCUT2D eigenvalue weighted by Gasteiger charge is -2.08. The van der Waals surface area contributed by atoms with Gasteiger partial charge in [0.2, 0.25) is 11.6 Å². The predicted octanol–water partition coefficient (Wildman–Crippen LogP) is 3.54. The Morgan fingerprint density at radius 2 is 1.69 bits per heavy atom. The van der Waals surface area contributed by atoms with Gasteiger partial charge in [0.1, 0.15) is 18.1 Å². The maximum absolute atomic E-state index is 12.5. The van der Waals surface area contributed by atoms with E-state index in [0.717, 1.165) is 22.7 Å². The zero-order valence-electron chi connectivity index (χ0n) is 16.7. The van der Waals surface area contributed by atoms with E-state index in [9.17, 15) is 4.79 Å². The van der Waals surface area contributed by atoms with E-state index in [1.807, 2.05) is 62.4 Å². The number of aromatic nitrogens is 3. The van der Waals surface area contributed by atoms with E-state index in [-0.39, 0.29) is 29.9 Å². The molecule has 0 fully saturated rings. The second-order valence-electron chi connectivity index (χ2n) is 6.55. The molecule has 154 valence electrons. The molecule has 3 rings (SSSR count). The molecule has 1 heterocycles. The highest BCUT2D eigenvalue weighted by molar-refractivity contribution is 5.94. The summed E-state index contributed by atoms with van der Waals surface area (Å²) in [6.07, 6.45) is 0. The van der Waals surface area contributed by atoms with Crippen LogP contribution >= 0.6 is 12.4 Å². The van der Waals surface area contributed by atoms with Crippen molar-refractivity contribution in [2.75, 3.05) is 20.3 Å². The Morgan fingerprint density at radius 1 is 1.07 bits per heavy atom. The maximum atomic E-state index is 12.5. The van der Waals surface area contributed by atoms with Gasteiger partial charge in [-0.1, -0.05) is 13.8 Å². The zero-order chi connectivity index (χ0) is 20.1. The van der Waals surface area contributed by atoms with E-state index in [4.69, 9.17) is 15.2 Å². The smallest absolute Gasteiger partial charge is 0.218 e. The molecule has 2 aromatic carbocycles. The number of nitrogens with two attached hydrogens (primary N) is 1. The number of benzene rings is 2. The van der Waals surface area contributed by atoms with Crippen LogP contribution in [0, 0.1) is 5.92 Å². The van der Waals surface area contributed by atoms with Crippen molar-refractivity contribution in [1.29, 1.82) is 0 Å². The molecule has 0 amide bonds. The second kappa shape index (κ2) is 10.0. The van der Waals surface area contributed by atoms with Gasteiger partial charge in [-0.15, -0.1) is 17.5 Å². The standard InChI is InChI=1S/C21H24N4O3.ClH/c1-14(2)19(26)20-23-21(15-4-8-18(9-5-15)28-13-12-22)25(24-20)16-6-10-17(27-3)11-7-16;/h4-11,14H,12-13,22H2,1-3H3;1H. The Bertz CT molecular complexity index is 938. The number of Topliss-reactive ketones (excluding diaryl/α,β-unsaturated/α-hetero) is 1. The molecule has 0 unspecified atom stereocenters. The number of rotatable bonds is 8. The molecule has 8 heteroatoms. The molecular weight excluding hydrogens is 392 g/mol. The van der Waals surface area contributed by atoms with E-state index >= 15 is 0 Å². The highest BCUT2D eigenvalue weighted by Crippen LogP contribution is 2.25. The van der Waals surface area contributed by atoms with E-state index in [1.54, 1.807) is 11.8 Å². The number of hydrogen-bond donors (Lipinski definition) is 1. The summed E-state index contributed by atoms with van der Waals surface area (Å²) in [6, 6.07) is 14.9. The molecule has 0 atom stereocenters. The lowest BCUT2D eigenvalue weighted by molar-refractivity contribution is 0.0929. The third-order valence-corrected chi connectivity index (χ3v) is 4.17. The Kier molecular flexibility index (Phi) is 7.75. The number of carbonyl (C=O) groups excluding carboxylic acids is 1. The molecule has 0 aliphatic rings. The number of methoxy groups -OCH3 is 1. The highest BCUT2D eigenvalue weighted by Gasteiger charge is 2.21. The fourth-order valence-electron chi connectivity index (χ4n) is 2.64. The molecule has 7 nitrogen and oxygen atoms in total. The molecule has 3 aromatic rings. The van der Waals surface area contributed by atoms with E-state index in [1.165, 1.54) is 0 Å². The first kappa shape index (κ1) is 22.4. The van der Waals surface area contributed by atoms with Crippen molar-refractivity contribution >= 4 is 18.2 Å². The maximum Gasteiger partial charge on any atom is 0.218 e. The van der Waals surface area contributed by atoms with Crippen molar-refractivity contribution in [1.82, 2.24) is 14.8 Å². The second-order valence-corrected chi connectivity index (χ2v) is 6.55. The first-order valence-corrected chi connectivity index (χ1v) is 9.12. The molecule has 0 bridgehead atoms. The molecule has 0 saturated carbocycles. The van der Waals surface area contributed by atoms with Gasteiger partial charge in [-0.2, -0.15) is 0 Å². The summed E-state index contributed by atoms with van der Waals surface area (Å²) in [4.78, 5) is 17.0. The van der Waals surface area contributed by atoms with Crippen molar-refractivity contribution in [3.63, 3.8) is 0 Å². The molecule has 0 radical (unpaired) electrons. The van der Waals surface area contributed by atoms with Crippen LogP contribution in [0.3, 0.4) is 0 Å². The third kappa shape index (κ3) is 5.13. The Hall–Kier alpha value is -2.90. The minimum Gasteiger partial charge on any atom is -0.497 e. The largest absolute Gasteiger partial charge is 0.497 e. The van der Waals surface area contributed by atoms with Gasteiger partial charge >= 0.3 is 0 Å². The van der Waals surface area contributed by atoms with Gasteiger partial charge in [0, 0.05) is 18.0 Å².